The smallest absolute Gasteiger partial charge is 0.257 e. The van der Waals surface area contributed by atoms with Crippen molar-refractivity contribution in [2.24, 2.45) is 0 Å². The van der Waals surface area contributed by atoms with Gasteiger partial charge in [-0.25, -0.2) is 9.97 Å². The van der Waals surface area contributed by atoms with Gasteiger partial charge in [0, 0.05) is 0 Å². The largest absolute Gasteiger partial charge is 0.368 e. The van der Waals surface area contributed by atoms with Crippen molar-refractivity contribution in [1.82, 2.24) is 44.9 Å². The van der Waals surface area contributed by atoms with Crippen molar-refractivity contribution in [1.29, 1.82) is 0 Å². The van der Waals surface area contributed by atoms with Crippen LogP contribution in [0, 0.1) is 0 Å². The second kappa shape index (κ2) is 4.37. The number of nitrogens with two attached hydrogens (primary N) is 1. The van der Waals surface area contributed by atoms with E-state index in [0.29, 0.717) is 16.3 Å². The van der Waals surface area contributed by atoms with E-state index in [1.807, 2.05) is 0 Å². The average molecular weight is 262 g/mol. The van der Waals surface area contributed by atoms with Gasteiger partial charge in [0.25, 0.3) is 5.95 Å². The maximum absolute atomic E-state index is 5.61. The minimum atomic E-state index is 0.0949. The molecule has 0 unspecified atom stereocenters. The molecule has 3 heterocycles. The molecule has 0 fully saturated rings. The van der Waals surface area contributed by atoms with Gasteiger partial charge >= 0.3 is 0 Å². The van der Waals surface area contributed by atoms with Crippen LogP contribution < -0.4 is 5.73 Å². The van der Waals surface area contributed by atoms with Gasteiger partial charge in [-0.2, -0.15) is 29.8 Å². The Morgan fingerprint density at radius 2 is 2.17 bits per heavy atom. The minimum absolute atomic E-state index is 0.0949. The molecule has 3 aromatic heterocycles. The van der Waals surface area contributed by atoms with Gasteiger partial charge in [0.15, 0.2) is 5.16 Å². The first-order valence-corrected chi connectivity index (χ1v) is 5.53. The zero-order valence-corrected chi connectivity index (χ0v) is 9.61. The quantitative estimate of drug-likeness (QED) is 0.627. The van der Waals surface area contributed by atoms with E-state index in [2.05, 4.69) is 40.2 Å². The summed E-state index contributed by atoms with van der Waals surface area (Å²) in [5, 5.41) is 11.3. The molecule has 0 saturated heterocycles. The van der Waals surface area contributed by atoms with Crippen LogP contribution in [0.3, 0.4) is 0 Å². The van der Waals surface area contributed by atoms with Crippen LogP contribution in [0.4, 0.5) is 5.95 Å². The molecular weight excluding hydrogens is 256 g/mol. The molecule has 0 saturated carbocycles. The zero-order chi connectivity index (χ0) is 12.4. The minimum Gasteiger partial charge on any atom is -0.368 e. The topological polar surface area (TPSA) is 137 Å². The van der Waals surface area contributed by atoms with Gasteiger partial charge in [0.1, 0.15) is 19.0 Å². The maximum atomic E-state index is 5.61. The predicted octanol–water partition coefficient (Wildman–Crippen LogP) is -0.696. The number of H-pyrrole nitrogens is 1. The SMILES string of the molecule is Nc1nc(Sc2ncn[nH]2)nc(-n2cncn2)n1. The van der Waals surface area contributed by atoms with Crippen LogP contribution in [0.15, 0.2) is 29.3 Å². The molecule has 10 nitrogen and oxygen atoms in total. The summed E-state index contributed by atoms with van der Waals surface area (Å²) in [6.07, 6.45) is 4.24. The molecule has 0 aliphatic heterocycles. The van der Waals surface area contributed by atoms with Gasteiger partial charge < -0.3 is 5.73 Å². The van der Waals surface area contributed by atoms with E-state index >= 15 is 0 Å². The molecule has 0 atom stereocenters. The number of nitrogens with zero attached hydrogens (tertiary/aromatic N) is 8. The molecular formula is C7H6N10S. The molecule has 3 aromatic rings. The summed E-state index contributed by atoms with van der Waals surface area (Å²) in [5.74, 6) is 0.388. The number of nitrogens with one attached hydrogen (secondary N) is 1. The number of rotatable bonds is 3. The first-order chi connectivity index (χ1) is 8.81. The molecule has 3 rings (SSSR count). The van der Waals surface area contributed by atoms with Crippen LogP contribution >= 0.6 is 11.8 Å². The van der Waals surface area contributed by atoms with Crippen molar-refractivity contribution in [2.75, 3.05) is 5.73 Å². The number of anilines is 1. The van der Waals surface area contributed by atoms with E-state index in [0.717, 1.165) is 0 Å². The monoisotopic (exact) mass is 262 g/mol. The lowest BCUT2D eigenvalue weighted by atomic mass is 10.9. The number of hydrogen-bond donors (Lipinski definition) is 2. The highest BCUT2D eigenvalue weighted by Gasteiger charge is 2.09. The second-order valence-electron chi connectivity index (χ2n) is 3.01. The van der Waals surface area contributed by atoms with Gasteiger partial charge in [0.05, 0.1) is 0 Å². The number of hydrogen-bond acceptors (Lipinski definition) is 9. The van der Waals surface area contributed by atoms with Crippen molar-refractivity contribution in [3.05, 3.63) is 19.0 Å². The third kappa shape index (κ3) is 2.10. The highest BCUT2D eigenvalue weighted by atomic mass is 32.2. The Hall–Kier alpha value is -2.56. The van der Waals surface area contributed by atoms with Gasteiger partial charge in [-0.1, -0.05) is 0 Å². The predicted molar refractivity (Wildman–Crippen MR) is 59.7 cm³/mol. The van der Waals surface area contributed by atoms with Crippen LogP contribution in [-0.2, 0) is 0 Å². The average Bonchev–Trinajstić information content (AvgIpc) is 3.00. The van der Waals surface area contributed by atoms with Crippen LogP contribution in [0.25, 0.3) is 5.95 Å². The standard InChI is InChI=1S/C7H6N10S/c8-4-13-5(17-3-9-1-12-17)15-7(14-4)18-6-10-2-11-16-6/h1-3H,(H,10,11,16)(H2,8,13,14,15). The van der Waals surface area contributed by atoms with E-state index in [1.54, 1.807) is 0 Å². The summed E-state index contributed by atoms with van der Waals surface area (Å²) in [6, 6.07) is 0. The van der Waals surface area contributed by atoms with E-state index in [4.69, 9.17) is 5.73 Å². The number of aromatic amines is 1. The van der Waals surface area contributed by atoms with Crippen molar-refractivity contribution in [2.45, 2.75) is 10.3 Å². The first-order valence-electron chi connectivity index (χ1n) is 4.71. The molecule has 0 aromatic carbocycles. The van der Waals surface area contributed by atoms with Crippen LogP contribution in [-0.4, -0.2) is 44.9 Å². The zero-order valence-electron chi connectivity index (χ0n) is 8.80. The molecule has 0 radical (unpaired) electrons. The molecule has 0 aliphatic carbocycles. The van der Waals surface area contributed by atoms with Gasteiger partial charge in [-0.15, -0.1) is 0 Å². The lowest BCUT2D eigenvalue weighted by molar-refractivity contribution is 0.762. The fraction of sp³-hybridized carbons (Fsp3) is 0. The summed E-state index contributed by atoms with van der Waals surface area (Å²) in [5.41, 5.74) is 5.61. The molecule has 0 spiro atoms. The third-order valence-electron chi connectivity index (χ3n) is 1.82. The summed E-state index contributed by atoms with van der Waals surface area (Å²) < 4.78 is 1.39. The van der Waals surface area contributed by atoms with Gasteiger partial charge in [0.2, 0.25) is 11.1 Å². The normalized spacial score (nSPS) is 10.7. The molecule has 11 heteroatoms. The Morgan fingerprint density at radius 1 is 1.22 bits per heavy atom. The second-order valence-corrected chi connectivity index (χ2v) is 3.96. The fourth-order valence-electron chi connectivity index (χ4n) is 1.15. The lowest BCUT2D eigenvalue weighted by Gasteiger charge is -2.01. The van der Waals surface area contributed by atoms with Crippen LogP contribution in [0.5, 0.6) is 0 Å². The van der Waals surface area contributed by atoms with Gasteiger partial charge in [-0.05, 0) is 11.8 Å². The Labute approximate surface area is 104 Å². The summed E-state index contributed by atoms with van der Waals surface area (Å²) in [4.78, 5) is 19.9. The van der Waals surface area contributed by atoms with E-state index in [-0.39, 0.29) is 5.95 Å². The van der Waals surface area contributed by atoms with Gasteiger partial charge in [-0.3, -0.25) is 5.10 Å². The Morgan fingerprint density at radius 3 is 2.89 bits per heavy atom. The molecule has 0 bridgehead atoms. The molecule has 3 N–H and O–H groups in total. The molecule has 90 valence electrons. The van der Waals surface area contributed by atoms with Crippen molar-refractivity contribution < 1.29 is 0 Å². The molecule has 0 aliphatic rings. The van der Waals surface area contributed by atoms with E-state index in [1.165, 1.54) is 35.4 Å². The van der Waals surface area contributed by atoms with E-state index < -0.39 is 0 Å². The molecule has 18 heavy (non-hydrogen) atoms. The highest BCUT2D eigenvalue weighted by molar-refractivity contribution is 7.99. The van der Waals surface area contributed by atoms with Crippen LogP contribution in [0.2, 0.25) is 0 Å². The lowest BCUT2D eigenvalue weighted by Crippen LogP contribution is -2.07. The fourth-order valence-corrected chi connectivity index (χ4v) is 1.79. The summed E-state index contributed by atoms with van der Waals surface area (Å²) in [7, 11) is 0. The van der Waals surface area contributed by atoms with Crippen molar-refractivity contribution in [3.8, 4) is 5.95 Å². The van der Waals surface area contributed by atoms with Crippen molar-refractivity contribution in [3.63, 3.8) is 0 Å². The highest BCUT2D eigenvalue weighted by Crippen LogP contribution is 2.20. The Kier molecular flexibility index (Phi) is 2.57. The number of nitrogen functional groups attached to an aromatic ring is 1. The number of aromatic nitrogens is 9. The third-order valence-corrected chi connectivity index (χ3v) is 2.58. The summed E-state index contributed by atoms with van der Waals surface area (Å²) in [6.45, 7) is 0. The molecule has 0 amide bonds. The first kappa shape index (κ1) is 10.6. The van der Waals surface area contributed by atoms with E-state index in [9.17, 15) is 0 Å². The van der Waals surface area contributed by atoms with Crippen molar-refractivity contribution >= 4 is 17.7 Å². The maximum Gasteiger partial charge on any atom is 0.257 e. The summed E-state index contributed by atoms with van der Waals surface area (Å²) >= 11 is 1.19. The van der Waals surface area contributed by atoms with Crippen LogP contribution in [0.1, 0.15) is 0 Å². The Balaban J connectivity index is 1.96. The Bertz CT molecular complexity index is 632.